The molecule has 2 heterocycles. The molecule has 1 saturated carbocycles. The van der Waals surface area contributed by atoms with Crippen LogP contribution in [0.4, 0.5) is 11.4 Å². The molecule has 1 saturated heterocycles. The normalized spacial score (nSPS) is 28.7. The Morgan fingerprint density at radius 3 is 2.61 bits per heavy atom. The molecule has 0 radical (unpaired) electrons. The number of ether oxygens (including phenoxy) is 2. The van der Waals surface area contributed by atoms with Gasteiger partial charge >= 0.3 is 0 Å². The Kier molecular flexibility index (Phi) is 6.46. The largest absolute Gasteiger partial charge is 0.508 e. The highest BCUT2D eigenvalue weighted by Crippen LogP contribution is 2.63. The third-order valence-corrected chi connectivity index (χ3v) is 9.48. The Morgan fingerprint density at radius 1 is 1.17 bits per heavy atom. The molecule has 0 unspecified atom stereocenters. The molecule has 1 spiro atoms. The first-order valence-corrected chi connectivity index (χ1v) is 14.1. The van der Waals surface area contributed by atoms with Crippen molar-refractivity contribution in [3.63, 3.8) is 0 Å². The lowest BCUT2D eigenvalue weighted by Gasteiger charge is -2.59. The number of anilines is 2. The van der Waals surface area contributed by atoms with Crippen molar-refractivity contribution in [1.29, 1.82) is 0 Å². The van der Waals surface area contributed by atoms with E-state index in [2.05, 4.69) is 15.5 Å². The maximum atomic E-state index is 13.5. The van der Waals surface area contributed by atoms with Crippen molar-refractivity contribution < 1.29 is 34.4 Å². The second-order valence-electron chi connectivity index (χ2n) is 12.0. The molecule has 4 aliphatic rings. The highest BCUT2D eigenvalue weighted by molar-refractivity contribution is 6.05. The molecule has 2 aromatic rings. The van der Waals surface area contributed by atoms with Gasteiger partial charge in [0.05, 0.1) is 29.4 Å². The minimum Gasteiger partial charge on any atom is -0.508 e. The smallest absolute Gasteiger partial charge is 0.254 e. The van der Waals surface area contributed by atoms with Crippen LogP contribution in [-0.4, -0.2) is 70.0 Å². The van der Waals surface area contributed by atoms with E-state index in [9.17, 15) is 24.9 Å². The number of hydrogen-bond acceptors (Lipinski definition) is 8. The number of amides is 2. The molecule has 6 rings (SSSR count). The molecule has 2 aromatic carbocycles. The fraction of sp³-hybridized carbons (Fsp3) is 0.484. The summed E-state index contributed by atoms with van der Waals surface area (Å²) in [5, 5.41) is 40.3. The van der Waals surface area contributed by atoms with Crippen LogP contribution in [0.1, 0.15) is 51.2 Å². The quantitative estimate of drug-likeness (QED) is 0.254. The Bertz CT molecular complexity index is 1460. The first-order valence-electron chi connectivity index (χ1n) is 14.1. The summed E-state index contributed by atoms with van der Waals surface area (Å²) in [6.45, 7) is 6.31. The lowest BCUT2D eigenvalue weighted by molar-refractivity contribution is -0.153. The van der Waals surface area contributed by atoms with Gasteiger partial charge in [-0.1, -0.05) is 6.07 Å². The number of carbonyl (C=O) groups is 2. The number of aliphatic hydroxyl groups excluding tert-OH is 1. The van der Waals surface area contributed by atoms with Crippen molar-refractivity contribution >= 4 is 23.2 Å². The van der Waals surface area contributed by atoms with Gasteiger partial charge in [0.15, 0.2) is 17.6 Å². The van der Waals surface area contributed by atoms with Crippen LogP contribution < -0.4 is 20.1 Å². The van der Waals surface area contributed by atoms with Gasteiger partial charge in [0.1, 0.15) is 11.5 Å². The Morgan fingerprint density at radius 2 is 1.93 bits per heavy atom. The number of nitrogens with zero attached hydrogens (tertiary/aromatic N) is 1. The highest BCUT2D eigenvalue weighted by Gasteiger charge is 2.69. The third kappa shape index (κ3) is 4.23. The number of benzene rings is 2. The number of carbonyl (C=O) groups excluding carboxylic acids is 2. The first-order chi connectivity index (χ1) is 19.5. The Labute approximate surface area is 239 Å². The van der Waals surface area contributed by atoms with Crippen molar-refractivity contribution in [3.05, 3.63) is 52.8 Å². The van der Waals surface area contributed by atoms with Crippen LogP contribution in [0.5, 0.6) is 17.2 Å². The number of methoxy groups -OCH3 is 1. The number of likely N-dealkylation sites (tertiary alicyclic amines) is 1. The number of phenols is 1. The van der Waals surface area contributed by atoms with Gasteiger partial charge < -0.3 is 35.4 Å². The van der Waals surface area contributed by atoms with E-state index in [1.807, 2.05) is 6.07 Å². The minimum absolute atomic E-state index is 0.00328. The zero-order chi connectivity index (χ0) is 29.3. The van der Waals surface area contributed by atoms with Gasteiger partial charge in [0, 0.05) is 30.8 Å². The van der Waals surface area contributed by atoms with Gasteiger partial charge in [-0.2, -0.15) is 0 Å². The minimum atomic E-state index is -1.31. The summed E-state index contributed by atoms with van der Waals surface area (Å²) < 4.78 is 11.7. The average molecular weight is 564 g/mol. The van der Waals surface area contributed by atoms with Gasteiger partial charge in [-0.3, -0.25) is 14.5 Å². The molecule has 5 N–H and O–H groups in total. The van der Waals surface area contributed by atoms with E-state index in [1.165, 1.54) is 33.8 Å². The maximum Gasteiger partial charge on any atom is 0.254 e. The Hall–Kier alpha value is -3.76. The van der Waals surface area contributed by atoms with Crippen molar-refractivity contribution in [2.45, 2.75) is 69.6 Å². The predicted octanol–water partition coefficient (Wildman–Crippen LogP) is 3.62. The monoisotopic (exact) mass is 563 g/mol. The van der Waals surface area contributed by atoms with E-state index in [-0.39, 0.29) is 34.8 Å². The number of phenolic OH excluding ortho intramolecular Hbond substituents is 1. The lowest BCUT2D eigenvalue weighted by Crippen LogP contribution is -2.73. The molecule has 0 aromatic heterocycles. The Balaban J connectivity index is 1.38. The van der Waals surface area contributed by atoms with Crippen LogP contribution in [0.3, 0.4) is 0 Å². The average Bonchev–Trinajstić information content (AvgIpc) is 3.66. The summed E-state index contributed by atoms with van der Waals surface area (Å²) >= 11 is 0. The zero-order valence-corrected chi connectivity index (χ0v) is 23.8. The van der Waals surface area contributed by atoms with Gasteiger partial charge in [0.25, 0.3) is 5.91 Å². The summed E-state index contributed by atoms with van der Waals surface area (Å²) in [4.78, 5) is 27.4. The number of aliphatic hydroxyl groups is 2. The summed E-state index contributed by atoms with van der Waals surface area (Å²) in [5.41, 5.74) is 0.112. The van der Waals surface area contributed by atoms with Crippen molar-refractivity contribution in [2.24, 2.45) is 5.92 Å². The second-order valence-corrected chi connectivity index (χ2v) is 12.0. The van der Waals surface area contributed by atoms with E-state index in [1.54, 1.807) is 31.2 Å². The highest BCUT2D eigenvalue weighted by atomic mass is 16.5. The maximum absolute atomic E-state index is 13.5. The number of aromatic hydroxyl groups is 1. The lowest BCUT2D eigenvalue weighted by atomic mass is 9.53. The molecule has 2 amide bonds. The third-order valence-electron chi connectivity index (χ3n) is 9.48. The van der Waals surface area contributed by atoms with Crippen LogP contribution in [-0.2, 0) is 21.4 Å². The van der Waals surface area contributed by atoms with Gasteiger partial charge in [0.2, 0.25) is 5.91 Å². The van der Waals surface area contributed by atoms with Gasteiger partial charge in [-0.15, -0.1) is 0 Å². The fourth-order valence-corrected chi connectivity index (χ4v) is 7.19. The molecule has 2 aliphatic heterocycles. The van der Waals surface area contributed by atoms with E-state index in [0.717, 1.165) is 17.7 Å². The van der Waals surface area contributed by atoms with E-state index in [4.69, 9.17) is 9.47 Å². The SMILES string of the molecule is COc1ccc(NC(C)=O)cc1NC(=O)/C(C)=C(\O)[C@@H]1Oc2c(O)ccc3c2[C@@]12CCN(CC1CC1)[C@H](C3)[C@@]2(C)O. The molecule has 4 atom stereocenters. The number of fused-ring (bicyclic) bond motifs is 1. The summed E-state index contributed by atoms with van der Waals surface area (Å²) in [7, 11) is 1.47. The molecule has 2 fully saturated rings. The second kappa shape index (κ2) is 9.66. The van der Waals surface area contributed by atoms with E-state index in [0.29, 0.717) is 42.4 Å². The number of piperidine rings is 1. The van der Waals surface area contributed by atoms with Crippen molar-refractivity contribution in [3.8, 4) is 17.2 Å². The van der Waals surface area contributed by atoms with Crippen molar-refractivity contribution in [1.82, 2.24) is 4.90 Å². The van der Waals surface area contributed by atoms with Crippen LogP contribution >= 0.6 is 0 Å². The molecule has 10 nitrogen and oxygen atoms in total. The molecule has 2 aliphatic carbocycles. The van der Waals surface area contributed by atoms with Crippen molar-refractivity contribution in [2.75, 3.05) is 30.8 Å². The van der Waals surface area contributed by atoms with Crippen LogP contribution in [0.2, 0.25) is 0 Å². The molecule has 10 heteroatoms. The van der Waals surface area contributed by atoms with E-state index >= 15 is 0 Å². The predicted molar refractivity (Wildman–Crippen MR) is 152 cm³/mol. The fourth-order valence-electron chi connectivity index (χ4n) is 7.19. The van der Waals surface area contributed by atoms with Crippen LogP contribution in [0, 0.1) is 5.92 Å². The molecular weight excluding hydrogens is 526 g/mol. The molecule has 218 valence electrons. The summed E-state index contributed by atoms with van der Waals surface area (Å²) in [6, 6.07) is 8.12. The molecular formula is C31H37N3O7. The number of hydrogen-bond donors (Lipinski definition) is 5. The molecule has 41 heavy (non-hydrogen) atoms. The first kappa shape index (κ1) is 27.4. The number of nitrogens with one attached hydrogen (secondary N) is 2. The van der Waals surface area contributed by atoms with Gasteiger partial charge in [-0.05, 0) is 81.8 Å². The molecule has 2 bridgehead atoms. The standard InChI is InChI=1S/C31H37N3O7/c1-16(29(38)33-21-14-20(32-17(2)35)8-10-23(21)40-4)26(37)28-31-11-12-34(15-18-5-6-18)24(30(31,3)39)13-19-7-9-22(36)27(41-28)25(19)31/h7-10,14,18,24,28,36-37,39H,5-6,11-13,15H2,1-4H3,(H,32,35)(H,33,38)/b26-16-/t24-,28+,30-,31+/m1/s1. The van der Waals surface area contributed by atoms with Crippen LogP contribution in [0.15, 0.2) is 41.7 Å². The van der Waals surface area contributed by atoms with Crippen LogP contribution in [0.25, 0.3) is 0 Å². The topological polar surface area (TPSA) is 141 Å². The van der Waals surface area contributed by atoms with E-state index < -0.39 is 23.0 Å². The van der Waals surface area contributed by atoms with Gasteiger partial charge in [-0.25, -0.2) is 0 Å². The zero-order valence-electron chi connectivity index (χ0n) is 23.8. The summed E-state index contributed by atoms with van der Waals surface area (Å²) in [5.74, 6) is 0.0473. The number of rotatable bonds is 7. The summed E-state index contributed by atoms with van der Waals surface area (Å²) in [6.07, 6.45) is 2.42.